The maximum Gasteiger partial charge on any atom is 0.158 e. The van der Waals surface area contributed by atoms with E-state index in [1.54, 1.807) is 0 Å². The van der Waals surface area contributed by atoms with E-state index in [0.29, 0.717) is 6.42 Å². The van der Waals surface area contributed by atoms with E-state index < -0.39 is 5.60 Å². The van der Waals surface area contributed by atoms with Crippen molar-refractivity contribution in [2.24, 2.45) is 5.41 Å². The minimum Gasteiger partial charge on any atom is -0.390 e. The van der Waals surface area contributed by atoms with Crippen molar-refractivity contribution in [3.63, 3.8) is 0 Å². The summed E-state index contributed by atoms with van der Waals surface area (Å²) in [6.45, 7) is 20.6. The fourth-order valence-corrected chi connectivity index (χ4v) is 4.56. The highest BCUT2D eigenvalue weighted by molar-refractivity contribution is 5.97. The molecule has 0 saturated heterocycles. The van der Waals surface area contributed by atoms with Gasteiger partial charge in [-0.2, -0.15) is 0 Å². The lowest BCUT2D eigenvalue weighted by Crippen LogP contribution is -2.24. The molecule has 0 heterocycles. The summed E-state index contributed by atoms with van der Waals surface area (Å²) in [7, 11) is 0. The fourth-order valence-electron chi connectivity index (χ4n) is 4.56. The van der Waals surface area contributed by atoms with Crippen molar-refractivity contribution in [1.29, 1.82) is 0 Å². The number of rotatable bonds is 14. The number of carbonyl (C=O) groups is 1. The van der Waals surface area contributed by atoms with Crippen LogP contribution in [0.4, 0.5) is 0 Å². The average Bonchev–Trinajstić information content (AvgIpc) is 2.88. The highest BCUT2D eigenvalue weighted by Crippen LogP contribution is 2.39. The molecular formula is C40H56O2. The summed E-state index contributed by atoms with van der Waals surface area (Å²) < 4.78 is 0. The third kappa shape index (κ3) is 16.3. The number of ketones is 1. The van der Waals surface area contributed by atoms with E-state index in [1.807, 2.05) is 20.8 Å². The molecule has 0 saturated carbocycles. The molecule has 1 N–H and O–H groups in total. The lowest BCUT2D eigenvalue weighted by Gasteiger charge is -2.32. The molecule has 2 heteroatoms. The summed E-state index contributed by atoms with van der Waals surface area (Å²) in [5.41, 5.74) is 7.56. The molecule has 228 valence electrons. The van der Waals surface area contributed by atoms with Crippen molar-refractivity contribution in [2.75, 3.05) is 0 Å². The van der Waals surface area contributed by atoms with Crippen LogP contribution in [-0.2, 0) is 4.79 Å². The van der Waals surface area contributed by atoms with Gasteiger partial charge in [-0.15, -0.1) is 0 Å². The predicted molar refractivity (Wildman–Crippen MR) is 185 cm³/mol. The molecule has 0 bridgehead atoms. The number of carbonyl (C=O) groups excluding carboxylic acids is 1. The molecule has 0 aromatic carbocycles. The molecule has 1 rings (SSSR count). The van der Waals surface area contributed by atoms with Crippen LogP contribution in [0.15, 0.2) is 130 Å². The van der Waals surface area contributed by atoms with Crippen LogP contribution in [0.2, 0.25) is 0 Å². The minimum atomic E-state index is -0.581. The molecule has 0 unspecified atom stereocenters. The van der Waals surface area contributed by atoms with Crippen molar-refractivity contribution in [2.45, 2.75) is 107 Å². The molecule has 1 aliphatic carbocycles. The standard InChI is InChI=1S/C40H56O2/c1-31(19-13-21-33(3)22-14-23-34(4)25-16-29-40(9,10)42)17-11-12-18-32(2)20-15-24-35(5)26-27-37-36(6)38(41)28-30-39(37,7)8/h11-15,17-24,26-27,42H,16,25,28-30H2,1-10H3/b12-11+,19-13+,20-15+,22-14+,27-26+,31-17+,32-18+,33-21+,34-23+,35-24+. The number of Topliss-reactive ketones (excluding diaryl/α,β-unsaturated/α-hetero) is 1. The minimum absolute atomic E-state index is 0.0443. The van der Waals surface area contributed by atoms with Gasteiger partial charge >= 0.3 is 0 Å². The Morgan fingerprint density at radius 2 is 1.21 bits per heavy atom. The Kier molecular flexibility index (Phi) is 16.1. The fraction of sp³-hybridized carbons (Fsp3) is 0.425. The Bertz CT molecular complexity index is 1250. The van der Waals surface area contributed by atoms with E-state index in [0.717, 1.165) is 42.4 Å². The van der Waals surface area contributed by atoms with Gasteiger partial charge in [0, 0.05) is 6.42 Å². The lowest BCUT2D eigenvalue weighted by molar-refractivity contribution is -0.116. The second kappa shape index (κ2) is 18.3. The molecule has 2 nitrogen and oxygen atoms in total. The Balaban J connectivity index is 2.60. The van der Waals surface area contributed by atoms with Gasteiger partial charge < -0.3 is 5.11 Å². The summed E-state index contributed by atoms with van der Waals surface area (Å²) in [5, 5.41) is 9.82. The third-order valence-electron chi connectivity index (χ3n) is 7.41. The summed E-state index contributed by atoms with van der Waals surface area (Å²) in [6.07, 6.45) is 35.9. The van der Waals surface area contributed by atoms with Gasteiger partial charge in [-0.25, -0.2) is 0 Å². The molecule has 0 atom stereocenters. The molecule has 0 aliphatic heterocycles. The zero-order valence-corrected chi connectivity index (χ0v) is 28.1. The summed E-state index contributed by atoms with van der Waals surface area (Å²) in [6, 6.07) is 0. The topological polar surface area (TPSA) is 37.3 Å². The highest BCUT2D eigenvalue weighted by Gasteiger charge is 2.30. The second-order valence-corrected chi connectivity index (χ2v) is 13.0. The maximum atomic E-state index is 12.1. The van der Waals surface area contributed by atoms with Crippen LogP contribution in [0, 0.1) is 5.41 Å². The van der Waals surface area contributed by atoms with Crippen LogP contribution in [0.5, 0.6) is 0 Å². The predicted octanol–water partition coefficient (Wildman–Crippen LogP) is 11.1. The zero-order valence-electron chi connectivity index (χ0n) is 28.1. The molecule has 42 heavy (non-hydrogen) atoms. The second-order valence-electron chi connectivity index (χ2n) is 13.0. The molecule has 0 fully saturated rings. The summed E-state index contributed by atoms with van der Waals surface area (Å²) in [4.78, 5) is 12.1. The van der Waals surface area contributed by atoms with Crippen molar-refractivity contribution >= 4 is 5.78 Å². The van der Waals surface area contributed by atoms with Crippen molar-refractivity contribution in [3.05, 3.63) is 130 Å². The quantitative estimate of drug-likeness (QED) is 0.212. The Morgan fingerprint density at radius 1 is 0.762 bits per heavy atom. The Morgan fingerprint density at radius 3 is 1.71 bits per heavy atom. The first-order valence-corrected chi connectivity index (χ1v) is 15.3. The van der Waals surface area contributed by atoms with Gasteiger partial charge in [-0.3, -0.25) is 4.79 Å². The largest absolute Gasteiger partial charge is 0.390 e. The molecule has 0 aromatic rings. The SMILES string of the molecule is CC1=C(/C=C/C(C)=C/C=C/C(C)=C/C=C/C=C(C)/C=C/C=C(C)/C=C/C=C(\C)CCCC(C)(C)O)C(C)(C)CCC1=O. The summed E-state index contributed by atoms with van der Waals surface area (Å²) >= 11 is 0. The average molecular weight is 569 g/mol. The molecule has 0 amide bonds. The molecular weight excluding hydrogens is 512 g/mol. The number of aliphatic hydroxyl groups is 1. The van der Waals surface area contributed by atoms with E-state index in [2.05, 4.69) is 140 Å². The van der Waals surface area contributed by atoms with Crippen LogP contribution < -0.4 is 0 Å². The Hall–Kier alpha value is -3.23. The van der Waals surface area contributed by atoms with Crippen LogP contribution >= 0.6 is 0 Å². The van der Waals surface area contributed by atoms with Gasteiger partial charge in [-0.1, -0.05) is 133 Å². The van der Waals surface area contributed by atoms with Gasteiger partial charge in [0.1, 0.15) is 0 Å². The normalized spacial score (nSPS) is 18.8. The molecule has 1 aliphatic rings. The van der Waals surface area contributed by atoms with Gasteiger partial charge in [0.25, 0.3) is 0 Å². The summed E-state index contributed by atoms with van der Waals surface area (Å²) in [5.74, 6) is 0.274. The molecule has 0 aromatic heterocycles. The zero-order chi connectivity index (χ0) is 31.8. The van der Waals surface area contributed by atoms with E-state index >= 15 is 0 Å². The van der Waals surface area contributed by atoms with Crippen LogP contribution in [0.25, 0.3) is 0 Å². The number of hydrogen-bond acceptors (Lipinski definition) is 2. The first-order chi connectivity index (χ1) is 19.6. The van der Waals surface area contributed by atoms with Crippen molar-refractivity contribution in [1.82, 2.24) is 0 Å². The first kappa shape index (κ1) is 36.8. The van der Waals surface area contributed by atoms with E-state index in [9.17, 15) is 9.90 Å². The van der Waals surface area contributed by atoms with E-state index in [4.69, 9.17) is 0 Å². The van der Waals surface area contributed by atoms with Gasteiger partial charge in [0.2, 0.25) is 0 Å². The molecule has 0 spiro atoms. The van der Waals surface area contributed by atoms with Crippen molar-refractivity contribution < 1.29 is 9.90 Å². The van der Waals surface area contributed by atoms with Gasteiger partial charge in [0.15, 0.2) is 5.78 Å². The Labute approximate surface area is 257 Å². The third-order valence-corrected chi connectivity index (χ3v) is 7.41. The van der Waals surface area contributed by atoms with Crippen LogP contribution in [-0.4, -0.2) is 16.5 Å². The van der Waals surface area contributed by atoms with Crippen LogP contribution in [0.1, 0.15) is 101 Å². The van der Waals surface area contributed by atoms with Crippen LogP contribution in [0.3, 0.4) is 0 Å². The number of allylic oxidation sites excluding steroid dienone is 22. The van der Waals surface area contributed by atoms with Gasteiger partial charge in [-0.05, 0) is 97.6 Å². The van der Waals surface area contributed by atoms with E-state index in [-0.39, 0.29) is 11.2 Å². The maximum absolute atomic E-state index is 12.1. The number of hydrogen-bond donors (Lipinski definition) is 1. The van der Waals surface area contributed by atoms with Gasteiger partial charge in [0.05, 0.1) is 5.60 Å². The smallest absolute Gasteiger partial charge is 0.158 e. The highest BCUT2D eigenvalue weighted by atomic mass is 16.3. The lowest BCUT2D eigenvalue weighted by atomic mass is 9.72. The van der Waals surface area contributed by atoms with Crippen molar-refractivity contribution in [3.8, 4) is 0 Å². The first-order valence-electron chi connectivity index (χ1n) is 15.3. The van der Waals surface area contributed by atoms with E-state index in [1.165, 1.54) is 22.3 Å². The monoisotopic (exact) mass is 568 g/mol. The molecule has 0 radical (unpaired) electrons.